The molecule has 0 bridgehead atoms. The normalized spacial score (nSPS) is 10.1. The zero-order valence-corrected chi connectivity index (χ0v) is 7.60. The summed E-state index contributed by atoms with van der Waals surface area (Å²) in [7, 11) is 1.55. The van der Waals surface area contributed by atoms with Gasteiger partial charge in [-0.15, -0.1) is 0 Å². The summed E-state index contributed by atoms with van der Waals surface area (Å²) < 4.78 is 4.96. The SMILES string of the molecule is COc1ccc2cc(C=O)cnc2n1. The Morgan fingerprint density at radius 1 is 1.43 bits per heavy atom. The average molecular weight is 188 g/mol. The molecule has 2 rings (SSSR count). The van der Waals surface area contributed by atoms with Gasteiger partial charge in [0, 0.05) is 23.2 Å². The second-order valence-corrected chi connectivity index (χ2v) is 2.79. The Labute approximate surface area is 80.6 Å². The molecule has 0 atom stereocenters. The van der Waals surface area contributed by atoms with Crippen molar-refractivity contribution in [3.63, 3.8) is 0 Å². The van der Waals surface area contributed by atoms with Gasteiger partial charge in [-0.1, -0.05) is 0 Å². The van der Waals surface area contributed by atoms with Crippen LogP contribution in [-0.2, 0) is 0 Å². The number of pyridine rings is 2. The molecule has 0 amide bonds. The summed E-state index contributed by atoms with van der Waals surface area (Å²) >= 11 is 0. The first-order valence-electron chi connectivity index (χ1n) is 4.09. The number of hydrogen-bond donors (Lipinski definition) is 0. The van der Waals surface area contributed by atoms with E-state index in [-0.39, 0.29) is 0 Å². The van der Waals surface area contributed by atoms with Crippen molar-refractivity contribution < 1.29 is 9.53 Å². The molecule has 0 aliphatic heterocycles. The highest BCUT2D eigenvalue weighted by Crippen LogP contribution is 2.14. The second kappa shape index (κ2) is 3.41. The number of carbonyl (C=O) groups excluding carboxylic acids is 1. The standard InChI is InChI=1S/C10H8N2O2/c1-14-9-3-2-8-4-7(6-13)5-11-10(8)12-9/h2-6H,1H3. The van der Waals surface area contributed by atoms with Gasteiger partial charge in [-0.2, -0.15) is 4.98 Å². The van der Waals surface area contributed by atoms with Gasteiger partial charge in [0.1, 0.15) is 0 Å². The van der Waals surface area contributed by atoms with Crippen LogP contribution in [0, 0.1) is 0 Å². The molecule has 0 saturated heterocycles. The number of aromatic nitrogens is 2. The van der Waals surface area contributed by atoms with Crippen molar-refractivity contribution in [3.8, 4) is 5.88 Å². The topological polar surface area (TPSA) is 52.1 Å². The zero-order valence-electron chi connectivity index (χ0n) is 7.60. The lowest BCUT2D eigenvalue weighted by molar-refractivity contribution is 0.112. The molecule has 14 heavy (non-hydrogen) atoms. The first-order chi connectivity index (χ1) is 6.83. The molecule has 0 unspecified atom stereocenters. The fourth-order valence-electron chi connectivity index (χ4n) is 1.19. The van der Waals surface area contributed by atoms with Crippen LogP contribution in [0.2, 0.25) is 0 Å². The number of hydrogen-bond acceptors (Lipinski definition) is 4. The highest BCUT2D eigenvalue weighted by Gasteiger charge is 2.00. The molecule has 0 radical (unpaired) electrons. The van der Waals surface area contributed by atoms with Crippen LogP contribution >= 0.6 is 0 Å². The molecule has 0 aliphatic carbocycles. The van der Waals surface area contributed by atoms with Crippen LogP contribution in [0.1, 0.15) is 10.4 Å². The van der Waals surface area contributed by atoms with Gasteiger partial charge in [-0.3, -0.25) is 4.79 Å². The van der Waals surface area contributed by atoms with Gasteiger partial charge in [0.25, 0.3) is 0 Å². The molecule has 2 aromatic rings. The van der Waals surface area contributed by atoms with Crippen molar-refractivity contribution in [1.82, 2.24) is 9.97 Å². The molecule has 0 aromatic carbocycles. The molecule has 0 saturated carbocycles. The third-order valence-electron chi connectivity index (χ3n) is 1.88. The Morgan fingerprint density at radius 3 is 3.00 bits per heavy atom. The van der Waals surface area contributed by atoms with E-state index in [1.54, 1.807) is 19.2 Å². The second-order valence-electron chi connectivity index (χ2n) is 2.79. The van der Waals surface area contributed by atoms with Gasteiger partial charge in [0.2, 0.25) is 5.88 Å². The number of ether oxygens (including phenoxy) is 1. The van der Waals surface area contributed by atoms with Crippen molar-refractivity contribution in [2.45, 2.75) is 0 Å². The lowest BCUT2D eigenvalue weighted by atomic mass is 10.2. The molecule has 2 aromatic heterocycles. The van der Waals surface area contributed by atoms with Crippen LogP contribution in [-0.4, -0.2) is 23.4 Å². The lowest BCUT2D eigenvalue weighted by Crippen LogP contribution is -1.91. The van der Waals surface area contributed by atoms with Crippen molar-refractivity contribution in [3.05, 3.63) is 30.0 Å². The smallest absolute Gasteiger partial charge is 0.215 e. The Bertz CT molecular complexity index is 483. The van der Waals surface area contributed by atoms with Crippen molar-refractivity contribution in [2.75, 3.05) is 7.11 Å². The molecule has 0 spiro atoms. The number of methoxy groups -OCH3 is 1. The molecule has 4 nitrogen and oxygen atoms in total. The highest BCUT2D eigenvalue weighted by molar-refractivity contribution is 5.83. The summed E-state index contributed by atoms with van der Waals surface area (Å²) in [5.74, 6) is 0.517. The Kier molecular flexibility index (Phi) is 2.10. The minimum absolute atomic E-state index is 0.517. The molecular weight excluding hydrogens is 180 g/mol. The first-order valence-corrected chi connectivity index (χ1v) is 4.09. The Morgan fingerprint density at radius 2 is 2.29 bits per heavy atom. The van der Waals surface area contributed by atoms with Gasteiger partial charge in [0.15, 0.2) is 11.9 Å². The summed E-state index contributed by atoms with van der Waals surface area (Å²) in [6, 6.07) is 5.29. The van der Waals surface area contributed by atoms with Crippen LogP contribution in [0.5, 0.6) is 5.88 Å². The molecule has 4 heteroatoms. The van der Waals surface area contributed by atoms with Gasteiger partial charge >= 0.3 is 0 Å². The van der Waals surface area contributed by atoms with E-state index in [9.17, 15) is 4.79 Å². The first kappa shape index (κ1) is 8.62. The van der Waals surface area contributed by atoms with Crippen LogP contribution in [0.3, 0.4) is 0 Å². The molecule has 0 fully saturated rings. The van der Waals surface area contributed by atoms with E-state index < -0.39 is 0 Å². The van der Waals surface area contributed by atoms with E-state index in [0.29, 0.717) is 17.1 Å². The van der Waals surface area contributed by atoms with E-state index in [2.05, 4.69) is 9.97 Å². The van der Waals surface area contributed by atoms with Crippen molar-refractivity contribution in [1.29, 1.82) is 0 Å². The fourth-order valence-corrected chi connectivity index (χ4v) is 1.19. The monoisotopic (exact) mass is 188 g/mol. The third kappa shape index (κ3) is 1.42. The quantitative estimate of drug-likeness (QED) is 0.669. The summed E-state index contributed by atoms with van der Waals surface area (Å²) in [5, 5.41) is 0.829. The van der Waals surface area contributed by atoms with E-state index in [1.165, 1.54) is 6.20 Å². The minimum Gasteiger partial charge on any atom is -0.481 e. The van der Waals surface area contributed by atoms with Crippen LogP contribution < -0.4 is 4.74 Å². The summed E-state index contributed by atoms with van der Waals surface area (Å²) in [6.45, 7) is 0. The van der Waals surface area contributed by atoms with E-state index in [1.807, 2.05) is 6.07 Å². The molecule has 2 heterocycles. The largest absolute Gasteiger partial charge is 0.481 e. The predicted molar refractivity (Wildman–Crippen MR) is 51.5 cm³/mol. The summed E-state index contributed by atoms with van der Waals surface area (Å²) in [4.78, 5) is 18.6. The van der Waals surface area contributed by atoms with Crippen molar-refractivity contribution >= 4 is 17.3 Å². The Hall–Kier alpha value is -1.97. The van der Waals surface area contributed by atoms with Gasteiger partial charge in [-0.05, 0) is 12.1 Å². The number of carbonyl (C=O) groups is 1. The molecule has 0 N–H and O–H groups in total. The fraction of sp³-hybridized carbons (Fsp3) is 0.100. The highest BCUT2D eigenvalue weighted by atomic mass is 16.5. The maximum atomic E-state index is 10.5. The third-order valence-corrected chi connectivity index (χ3v) is 1.88. The zero-order chi connectivity index (χ0) is 9.97. The molecule has 0 aliphatic rings. The number of nitrogens with zero attached hydrogens (tertiary/aromatic N) is 2. The van der Waals surface area contributed by atoms with E-state index >= 15 is 0 Å². The summed E-state index contributed by atoms with van der Waals surface area (Å²) in [5.41, 5.74) is 1.12. The van der Waals surface area contributed by atoms with Crippen LogP contribution in [0.25, 0.3) is 11.0 Å². The average Bonchev–Trinajstić information content (AvgIpc) is 2.27. The van der Waals surface area contributed by atoms with E-state index in [4.69, 9.17) is 4.74 Å². The Balaban J connectivity index is 2.63. The van der Waals surface area contributed by atoms with Crippen LogP contribution in [0.4, 0.5) is 0 Å². The number of aldehydes is 1. The van der Waals surface area contributed by atoms with Gasteiger partial charge in [-0.25, -0.2) is 4.98 Å². The molecule has 70 valence electrons. The van der Waals surface area contributed by atoms with Gasteiger partial charge < -0.3 is 4.74 Å². The number of fused-ring (bicyclic) bond motifs is 1. The summed E-state index contributed by atoms with van der Waals surface area (Å²) in [6.07, 6.45) is 2.25. The maximum Gasteiger partial charge on any atom is 0.215 e. The molecular formula is C10H8N2O2. The minimum atomic E-state index is 0.517. The van der Waals surface area contributed by atoms with Crippen molar-refractivity contribution in [2.24, 2.45) is 0 Å². The van der Waals surface area contributed by atoms with E-state index in [0.717, 1.165) is 11.7 Å². The van der Waals surface area contributed by atoms with Crippen LogP contribution in [0.15, 0.2) is 24.4 Å². The van der Waals surface area contributed by atoms with Gasteiger partial charge in [0.05, 0.1) is 7.11 Å². The lowest BCUT2D eigenvalue weighted by Gasteiger charge is -2.00. The maximum absolute atomic E-state index is 10.5. The predicted octanol–water partition coefficient (Wildman–Crippen LogP) is 1.45. The number of rotatable bonds is 2.